The van der Waals surface area contributed by atoms with E-state index in [4.69, 9.17) is 11.6 Å². The van der Waals surface area contributed by atoms with Gasteiger partial charge in [-0.05, 0) is 18.6 Å². The Morgan fingerprint density at radius 2 is 2.20 bits per heavy atom. The van der Waals surface area contributed by atoms with Gasteiger partial charge in [-0.3, -0.25) is 9.59 Å². The molecule has 108 valence electrons. The molecule has 1 aliphatic rings. The van der Waals surface area contributed by atoms with Gasteiger partial charge in [0.05, 0.1) is 6.54 Å². The molecule has 1 fully saturated rings. The highest BCUT2D eigenvalue weighted by atomic mass is 35.5. The number of carbonyl (C=O) groups is 2. The third-order valence-corrected chi connectivity index (χ3v) is 3.57. The number of nitrogens with zero attached hydrogens (tertiary/aromatic N) is 1. The highest BCUT2D eigenvalue weighted by Crippen LogP contribution is 2.20. The first kappa shape index (κ1) is 14.8. The van der Waals surface area contributed by atoms with Gasteiger partial charge in [0, 0.05) is 17.1 Å². The second-order valence-corrected chi connectivity index (χ2v) is 5.22. The number of halogens is 2. The molecular weight excluding hydrogens is 283 g/mol. The van der Waals surface area contributed by atoms with Crippen LogP contribution in [0.5, 0.6) is 0 Å². The molecule has 1 saturated heterocycles. The molecule has 1 aliphatic heterocycles. The summed E-state index contributed by atoms with van der Waals surface area (Å²) in [6, 6.07) is 3.79. The first-order chi connectivity index (χ1) is 9.52. The molecule has 1 unspecified atom stereocenters. The van der Waals surface area contributed by atoms with Gasteiger partial charge in [-0.2, -0.15) is 0 Å². The van der Waals surface area contributed by atoms with Crippen LogP contribution in [0.1, 0.15) is 25.3 Å². The monoisotopic (exact) mass is 298 g/mol. The van der Waals surface area contributed by atoms with Crippen molar-refractivity contribution in [3.63, 3.8) is 0 Å². The molecular formula is C14H16ClFN2O2. The second kappa shape index (κ2) is 6.22. The van der Waals surface area contributed by atoms with Crippen molar-refractivity contribution >= 4 is 23.4 Å². The number of amides is 2. The molecule has 2 rings (SSSR count). The van der Waals surface area contributed by atoms with E-state index >= 15 is 0 Å². The van der Waals surface area contributed by atoms with Crippen LogP contribution in [0.3, 0.4) is 0 Å². The molecule has 0 aliphatic carbocycles. The summed E-state index contributed by atoms with van der Waals surface area (Å²) in [5.41, 5.74) is 0.360. The molecule has 2 amide bonds. The molecule has 4 nitrogen and oxygen atoms in total. The fourth-order valence-electron chi connectivity index (χ4n) is 2.29. The molecule has 1 aromatic carbocycles. The molecule has 0 radical (unpaired) electrons. The van der Waals surface area contributed by atoms with E-state index in [2.05, 4.69) is 5.32 Å². The zero-order valence-electron chi connectivity index (χ0n) is 11.2. The fourth-order valence-corrected chi connectivity index (χ4v) is 2.45. The van der Waals surface area contributed by atoms with E-state index in [0.29, 0.717) is 17.0 Å². The number of hydrogen-bond acceptors (Lipinski definition) is 2. The quantitative estimate of drug-likeness (QED) is 0.925. The first-order valence-corrected chi connectivity index (χ1v) is 6.91. The van der Waals surface area contributed by atoms with E-state index in [0.717, 1.165) is 6.42 Å². The number of nitrogens with one attached hydrogen (secondary N) is 1. The van der Waals surface area contributed by atoms with Gasteiger partial charge in [-0.1, -0.05) is 31.0 Å². The Hall–Kier alpha value is -1.62. The van der Waals surface area contributed by atoms with Crippen LogP contribution >= 0.6 is 11.6 Å². The fraction of sp³-hybridized carbons (Fsp3) is 0.429. The van der Waals surface area contributed by atoms with Gasteiger partial charge in [0.1, 0.15) is 11.9 Å². The molecule has 1 atom stereocenters. The van der Waals surface area contributed by atoms with E-state index in [1.165, 1.54) is 11.0 Å². The Balaban J connectivity index is 2.23. The lowest BCUT2D eigenvalue weighted by Crippen LogP contribution is -2.57. The maximum Gasteiger partial charge on any atom is 0.243 e. The van der Waals surface area contributed by atoms with Crippen LogP contribution in [0, 0.1) is 5.82 Å². The molecule has 1 aromatic rings. The number of benzene rings is 1. The summed E-state index contributed by atoms with van der Waals surface area (Å²) >= 11 is 5.71. The lowest BCUT2D eigenvalue weighted by Gasteiger charge is -2.35. The Morgan fingerprint density at radius 1 is 1.45 bits per heavy atom. The number of piperazine rings is 1. The van der Waals surface area contributed by atoms with Crippen molar-refractivity contribution in [2.45, 2.75) is 32.4 Å². The van der Waals surface area contributed by atoms with E-state index < -0.39 is 11.9 Å². The molecule has 0 bridgehead atoms. The molecule has 1 N–H and O–H groups in total. The van der Waals surface area contributed by atoms with Crippen molar-refractivity contribution in [2.75, 3.05) is 6.54 Å². The Bertz CT molecular complexity index is 536. The van der Waals surface area contributed by atoms with Crippen LogP contribution in [0.25, 0.3) is 0 Å². The molecule has 6 heteroatoms. The average molecular weight is 299 g/mol. The largest absolute Gasteiger partial charge is 0.345 e. The van der Waals surface area contributed by atoms with Crippen molar-refractivity contribution < 1.29 is 14.0 Å². The van der Waals surface area contributed by atoms with Gasteiger partial charge in [0.25, 0.3) is 0 Å². The standard InChI is InChI=1S/C14H16ClFN2O2/c1-2-3-12-14(20)17-7-13(19)18(12)8-9-4-5-10(15)6-11(9)16/h4-6,12H,2-3,7-8H2,1H3,(H,17,20). The minimum Gasteiger partial charge on any atom is -0.345 e. The topological polar surface area (TPSA) is 49.4 Å². The number of hydrogen-bond donors (Lipinski definition) is 1. The predicted octanol–water partition coefficient (Wildman–Crippen LogP) is 2.11. The molecule has 0 aromatic heterocycles. The van der Waals surface area contributed by atoms with Crippen molar-refractivity contribution in [2.24, 2.45) is 0 Å². The number of carbonyl (C=O) groups excluding carboxylic acids is 2. The zero-order chi connectivity index (χ0) is 14.7. The summed E-state index contributed by atoms with van der Waals surface area (Å²) in [6.45, 7) is 1.99. The van der Waals surface area contributed by atoms with Gasteiger partial charge in [0.15, 0.2) is 0 Å². The maximum absolute atomic E-state index is 13.8. The lowest BCUT2D eigenvalue weighted by atomic mass is 10.1. The van der Waals surface area contributed by atoms with E-state index in [-0.39, 0.29) is 24.9 Å². The third-order valence-electron chi connectivity index (χ3n) is 3.33. The van der Waals surface area contributed by atoms with Gasteiger partial charge in [-0.25, -0.2) is 4.39 Å². The minimum absolute atomic E-state index is 0.0335. The zero-order valence-corrected chi connectivity index (χ0v) is 11.9. The summed E-state index contributed by atoms with van der Waals surface area (Å²) in [5.74, 6) is -0.843. The van der Waals surface area contributed by atoms with E-state index in [9.17, 15) is 14.0 Å². The summed E-state index contributed by atoms with van der Waals surface area (Å²) in [4.78, 5) is 25.3. The molecule has 0 spiro atoms. The average Bonchev–Trinajstić information content (AvgIpc) is 2.40. The summed E-state index contributed by atoms with van der Waals surface area (Å²) in [7, 11) is 0. The first-order valence-electron chi connectivity index (χ1n) is 6.54. The summed E-state index contributed by atoms with van der Waals surface area (Å²) in [5, 5.41) is 2.87. The van der Waals surface area contributed by atoms with Crippen LogP contribution < -0.4 is 5.32 Å². The van der Waals surface area contributed by atoms with E-state index in [1.807, 2.05) is 6.92 Å². The predicted molar refractivity (Wildman–Crippen MR) is 73.7 cm³/mol. The van der Waals surface area contributed by atoms with Crippen LogP contribution in [-0.4, -0.2) is 29.3 Å². The second-order valence-electron chi connectivity index (χ2n) is 4.78. The number of rotatable bonds is 4. The Kier molecular flexibility index (Phi) is 4.60. The van der Waals surface area contributed by atoms with Crippen molar-refractivity contribution in [3.05, 3.63) is 34.6 Å². The lowest BCUT2D eigenvalue weighted by molar-refractivity contribution is -0.146. The highest BCUT2D eigenvalue weighted by Gasteiger charge is 2.33. The normalized spacial score (nSPS) is 19.1. The van der Waals surface area contributed by atoms with Gasteiger partial charge in [0.2, 0.25) is 11.8 Å². The van der Waals surface area contributed by atoms with Crippen molar-refractivity contribution in [1.82, 2.24) is 10.2 Å². The van der Waals surface area contributed by atoms with E-state index in [1.54, 1.807) is 12.1 Å². The van der Waals surface area contributed by atoms with Crippen LogP contribution in [0.2, 0.25) is 5.02 Å². The summed E-state index contributed by atoms with van der Waals surface area (Å²) < 4.78 is 13.8. The summed E-state index contributed by atoms with van der Waals surface area (Å²) in [6.07, 6.45) is 1.33. The van der Waals surface area contributed by atoms with Crippen molar-refractivity contribution in [1.29, 1.82) is 0 Å². The third kappa shape index (κ3) is 3.10. The van der Waals surface area contributed by atoms with Crippen molar-refractivity contribution in [3.8, 4) is 0 Å². The smallest absolute Gasteiger partial charge is 0.243 e. The minimum atomic E-state index is -0.531. The van der Waals surface area contributed by atoms with Crippen LogP contribution in [0.4, 0.5) is 4.39 Å². The Morgan fingerprint density at radius 3 is 2.85 bits per heavy atom. The van der Waals surface area contributed by atoms with Crippen LogP contribution in [0.15, 0.2) is 18.2 Å². The van der Waals surface area contributed by atoms with Gasteiger partial charge < -0.3 is 10.2 Å². The highest BCUT2D eigenvalue weighted by molar-refractivity contribution is 6.30. The molecule has 1 heterocycles. The van der Waals surface area contributed by atoms with Gasteiger partial charge >= 0.3 is 0 Å². The SMILES string of the molecule is CCCC1C(=O)NCC(=O)N1Cc1ccc(Cl)cc1F. The molecule has 20 heavy (non-hydrogen) atoms. The molecule has 0 saturated carbocycles. The van der Waals surface area contributed by atoms with Crippen LogP contribution in [-0.2, 0) is 16.1 Å². The van der Waals surface area contributed by atoms with Gasteiger partial charge in [-0.15, -0.1) is 0 Å². The maximum atomic E-state index is 13.8. The Labute approximate surface area is 121 Å².